The van der Waals surface area contributed by atoms with Crippen LogP contribution in [0.5, 0.6) is 0 Å². The Balaban J connectivity index is 2.36. The average molecular weight is 316 g/mol. The van der Waals surface area contributed by atoms with Crippen molar-refractivity contribution in [1.29, 1.82) is 0 Å². The number of piperazine rings is 1. The van der Waals surface area contributed by atoms with Crippen LogP contribution in [0.2, 0.25) is 5.15 Å². The van der Waals surface area contributed by atoms with Crippen molar-refractivity contribution in [3.8, 4) is 0 Å². The Kier molecular flexibility index (Phi) is 5.49. The van der Waals surface area contributed by atoms with Crippen LogP contribution in [0.3, 0.4) is 0 Å². The SMILES string of the molecule is CSc1c(Cl)nc(C2CNCCN2C)nc1NC(C)C. The highest BCUT2D eigenvalue weighted by Gasteiger charge is 2.25. The molecule has 7 heteroatoms. The Hall–Kier alpha value is -0.560. The van der Waals surface area contributed by atoms with Gasteiger partial charge in [-0.25, -0.2) is 9.97 Å². The van der Waals surface area contributed by atoms with Crippen molar-refractivity contribution in [2.45, 2.75) is 30.8 Å². The number of anilines is 1. The number of nitrogens with zero attached hydrogens (tertiary/aromatic N) is 3. The zero-order valence-electron chi connectivity index (χ0n) is 12.4. The zero-order chi connectivity index (χ0) is 14.7. The molecule has 112 valence electrons. The molecule has 1 atom stereocenters. The molecule has 2 rings (SSSR count). The Morgan fingerprint density at radius 2 is 2.20 bits per heavy atom. The molecule has 0 amide bonds. The predicted octanol–water partition coefficient (Wildman–Crippen LogP) is 2.25. The highest BCUT2D eigenvalue weighted by atomic mass is 35.5. The molecular formula is C13H22ClN5S. The molecule has 0 aromatic carbocycles. The third-order valence-corrected chi connectivity index (χ3v) is 4.46. The summed E-state index contributed by atoms with van der Waals surface area (Å²) < 4.78 is 0. The minimum absolute atomic E-state index is 0.171. The topological polar surface area (TPSA) is 53.1 Å². The van der Waals surface area contributed by atoms with Gasteiger partial charge in [-0.15, -0.1) is 11.8 Å². The van der Waals surface area contributed by atoms with Gasteiger partial charge in [-0.3, -0.25) is 4.90 Å². The third kappa shape index (κ3) is 3.55. The number of hydrogen-bond acceptors (Lipinski definition) is 6. The Bertz CT molecular complexity index is 468. The van der Waals surface area contributed by atoms with Gasteiger partial charge in [-0.2, -0.15) is 0 Å². The molecule has 0 saturated carbocycles. The maximum Gasteiger partial charge on any atom is 0.150 e. The first-order valence-corrected chi connectivity index (χ1v) is 8.42. The lowest BCUT2D eigenvalue weighted by atomic mass is 10.2. The number of likely N-dealkylation sites (N-methyl/N-ethyl adjacent to an activating group) is 1. The summed E-state index contributed by atoms with van der Waals surface area (Å²) in [6.45, 7) is 7.03. The minimum atomic E-state index is 0.171. The Morgan fingerprint density at radius 3 is 2.80 bits per heavy atom. The summed E-state index contributed by atoms with van der Waals surface area (Å²) in [5, 5.41) is 7.28. The van der Waals surface area contributed by atoms with E-state index < -0.39 is 0 Å². The van der Waals surface area contributed by atoms with Crippen molar-refractivity contribution < 1.29 is 0 Å². The van der Waals surface area contributed by atoms with E-state index in [0.717, 1.165) is 36.2 Å². The van der Waals surface area contributed by atoms with Crippen molar-refractivity contribution in [1.82, 2.24) is 20.2 Å². The molecule has 1 aliphatic heterocycles. The van der Waals surface area contributed by atoms with Gasteiger partial charge in [0.2, 0.25) is 0 Å². The Morgan fingerprint density at radius 1 is 1.45 bits per heavy atom. The summed E-state index contributed by atoms with van der Waals surface area (Å²) in [6, 6.07) is 0.479. The van der Waals surface area contributed by atoms with Crippen molar-refractivity contribution in [3.63, 3.8) is 0 Å². The lowest BCUT2D eigenvalue weighted by molar-refractivity contribution is 0.194. The molecule has 0 aliphatic carbocycles. The number of aromatic nitrogens is 2. The van der Waals surface area contributed by atoms with Crippen LogP contribution in [0.1, 0.15) is 25.7 Å². The Labute approximate surface area is 129 Å². The van der Waals surface area contributed by atoms with E-state index in [-0.39, 0.29) is 6.04 Å². The summed E-state index contributed by atoms with van der Waals surface area (Å²) in [5.74, 6) is 1.62. The van der Waals surface area contributed by atoms with Gasteiger partial charge in [-0.1, -0.05) is 11.6 Å². The smallest absolute Gasteiger partial charge is 0.150 e. The molecule has 1 aliphatic rings. The lowest BCUT2D eigenvalue weighted by Crippen LogP contribution is -2.44. The van der Waals surface area contributed by atoms with E-state index >= 15 is 0 Å². The summed E-state index contributed by atoms with van der Waals surface area (Å²) in [5.41, 5.74) is 0. The van der Waals surface area contributed by atoms with Crippen LogP contribution in [0.25, 0.3) is 0 Å². The van der Waals surface area contributed by atoms with Crippen molar-refractivity contribution in [2.24, 2.45) is 0 Å². The molecule has 0 radical (unpaired) electrons. The van der Waals surface area contributed by atoms with E-state index in [1.807, 2.05) is 6.26 Å². The summed E-state index contributed by atoms with van der Waals surface area (Å²) in [4.78, 5) is 12.4. The van der Waals surface area contributed by atoms with Crippen LogP contribution < -0.4 is 10.6 Å². The van der Waals surface area contributed by atoms with Crippen LogP contribution in [-0.4, -0.2) is 53.8 Å². The first kappa shape index (κ1) is 15.8. The van der Waals surface area contributed by atoms with E-state index in [1.54, 1.807) is 11.8 Å². The van der Waals surface area contributed by atoms with Gasteiger partial charge in [-0.05, 0) is 27.2 Å². The van der Waals surface area contributed by atoms with Crippen molar-refractivity contribution in [2.75, 3.05) is 38.3 Å². The van der Waals surface area contributed by atoms with Crippen LogP contribution in [0, 0.1) is 0 Å². The van der Waals surface area contributed by atoms with Gasteiger partial charge >= 0.3 is 0 Å². The standard InChI is InChI=1S/C13H22ClN5S/c1-8(2)16-13-10(20-4)11(14)17-12(18-13)9-7-15-5-6-19(9)3/h8-9,15H,5-7H2,1-4H3,(H,16,17,18). The molecule has 2 N–H and O–H groups in total. The van der Waals surface area contributed by atoms with Crippen molar-refractivity contribution >= 4 is 29.2 Å². The van der Waals surface area contributed by atoms with E-state index in [1.165, 1.54) is 0 Å². The molecule has 1 fully saturated rings. The van der Waals surface area contributed by atoms with Crippen molar-refractivity contribution in [3.05, 3.63) is 11.0 Å². The van der Waals surface area contributed by atoms with Gasteiger partial charge < -0.3 is 10.6 Å². The largest absolute Gasteiger partial charge is 0.367 e. The van der Waals surface area contributed by atoms with E-state index in [4.69, 9.17) is 16.6 Å². The van der Waals surface area contributed by atoms with Gasteiger partial charge in [0.05, 0.1) is 10.9 Å². The molecule has 1 unspecified atom stereocenters. The normalized spacial score (nSPS) is 20.4. The number of rotatable bonds is 4. The van der Waals surface area contributed by atoms with Gasteiger partial charge in [0.25, 0.3) is 0 Å². The van der Waals surface area contributed by atoms with Crippen LogP contribution in [-0.2, 0) is 0 Å². The summed E-state index contributed by atoms with van der Waals surface area (Å²) in [7, 11) is 2.10. The minimum Gasteiger partial charge on any atom is -0.367 e. The number of thioether (sulfide) groups is 1. The second kappa shape index (κ2) is 6.93. The second-order valence-electron chi connectivity index (χ2n) is 5.25. The predicted molar refractivity (Wildman–Crippen MR) is 85.8 cm³/mol. The van der Waals surface area contributed by atoms with E-state index in [0.29, 0.717) is 11.2 Å². The van der Waals surface area contributed by atoms with E-state index in [2.05, 4.69) is 41.4 Å². The monoisotopic (exact) mass is 315 g/mol. The van der Waals surface area contributed by atoms with Crippen LogP contribution in [0.4, 0.5) is 5.82 Å². The summed E-state index contributed by atoms with van der Waals surface area (Å²) >= 11 is 7.91. The maximum absolute atomic E-state index is 6.33. The molecular weight excluding hydrogens is 294 g/mol. The first-order chi connectivity index (χ1) is 9.52. The fourth-order valence-corrected chi connectivity index (χ4v) is 3.15. The van der Waals surface area contributed by atoms with Gasteiger partial charge in [0.15, 0.2) is 5.82 Å². The highest BCUT2D eigenvalue weighted by Crippen LogP contribution is 2.32. The second-order valence-corrected chi connectivity index (χ2v) is 6.43. The van der Waals surface area contributed by atoms with E-state index in [9.17, 15) is 0 Å². The maximum atomic E-state index is 6.33. The fourth-order valence-electron chi connectivity index (χ4n) is 2.23. The molecule has 0 spiro atoms. The lowest BCUT2D eigenvalue weighted by Gasteiger charge is -2.32. The molecule has 1 aromatic rings. The fraction of sp³-hybridized carbons (Fsp3) is 0.692. The molecule has 1 aromatic heterocycles. The quantitative estimate of drug-likeness (QED) is 0.656. The van der Waals surface area contributed by atoms with Gasteiger partial charge in [0, 0.05) is 25.7 Å². The average Bonchev–Trinajstić information content (AvgIpc) is 2.38. The molecule has 1 saturated heterocycles. The van der Waals surface area contributed by atoms with Gasteiger partial charge in [0.1, 0.15) is 11.0 Å². The first-order valence-electron chi connectivity index (χ1n) is 6.81. The number of hydrogen-bond donors (Lipinski definition) is 2. The van der Waals surface area contributed by atoms with Crippen LogP contribution >= 0.6 is 23.4 Å². The van der Waals surface area contributed by atoms with Crippen LogP contribution in [0.15, 0.2) is 4.90 Å². The molecule has 20 heavy (non-hydrogen) atoms. The number of halogens is 1. The molecule has 0 bridgehead atoms. The summed E-state index contributed by atoms with van der Waals surface area (Å²) in [6.07, 6.45) is 1.99. The highest BCUT2D eigenvalue weighted by molar-refractivity contribution is 7.98. The third-order valence-electron chi connectivity index (χ3n) is 3.28. The zero-order valence-corrected chi connectivity index (χ0v) is 14.0. The number of nitrogens with one attached hydrogen (secondary N) is 2. The molecule has 5 nitrogen and oxygen atoms in total. The molecule has 2 heterocycles.